The van der Waals surface area contributed by atoms with Crippen LogP contribution in [0.25, 0.3) is 0 Å². The minimum atomic E-state index is -0.476. The first-order valence-corrected chi connectivity index (χ1v) is 6.97. The fraction of sp³-hybridized carbons (Fsp3) is 0.600. The Kier molecular flexibility index (Phi) is 4.66. The number of likely N-dealkylation sites (N-methyl/N-ethyl adjacent to an activating group) is 1. The summed E-state index contributed by atoms with van der Waals surface area (Å²) in [6.45, 7) is 2.17. The maximum absolute atomic E-state index is 10.3. The summed E-state index contributed by atoms with van der Waals surface area (Å²) in [5, 5.41) is 10.3. The van der Waals surface area contributed by atoms with Gasteiger partial charge in [0.25, 0.3) is 0 Å². The predicted molar refractivity (Wildman–Crippen MR) is 77.3 cm³/mol. The molecule has 4 heteroatoms. The van der Waals surface area contributed by atoms with Gasteiger partial charge in [-0.05, 0) is 44.2 Å². The standard InChI is InChI=1S/C15H24N2O2/c1-17(12-15(18)8-2-3-9-15)10-11-19-14-6-4-13(16)5-7-14/h4-7,18H,2-3,8-12,16H2,1H3. The highest BCUT2D eigenvalue weighted by Crippen LogP contribution is 2.29. The number of hydrogen-bond donors (Lipinski definition) is 2. The van der Waals surface area contributed by atoms with Crippen molar-refractivity contribution >= 4 is 5.69 Å². The van der Waals surface area contributed by atoms with Crippen LogP contribution in [0.5, 0.6) is 5.75 Å². The molecule has 106 valence electrons. The molecule has 0 amide bonds. The van der Waals surface area contributed by atoms with Crippen molar-refractivity contribution in [2.75, 3.05) is 32.5 Å². The number of hydrogen-bond acceptors (Lipinski definition) is 4. The van der Waals surface area contributed by atoms with Crippen LogP contribution in [0.4, 0.5) is 5.69 Å². The SMILES string of the molecule is CN(CCOc1ccc(N)cc1)CC1(O)CCCC1. The second-order valence-corrected chi connectivity index (χ2v) is 5.59. The molecular weight excluding hydrogens is 240 g/mol. The molecule has 4 nitrogen and oxygen atoms in total. The predicted octanol–water partition coefficient (Wildman–Crippen LogP) is 1.88. The van der Waals surface area contributed by atoms with Crippen LogP contribution in [-0.4, -0.2) is 42.4 Å². The van der Waals surface area contributed by atoms with Crippen molar-refractivity contribution < 1.29 is 9.84 Å². The Morgan fingerprint density at radius 3 is 2.53 bits per heavy atom. The molecule has 0 aliphatic heterocycles. The molecule has 2 rings (SSSR count). The molecule has 1 aliphatic carbocycles. The number of benzene rings is 1. The highest BCUT2D eigenvalue weighted by molar-refractivity contribution is 5.41. The lowest BCUT2D eigenvalue weighted by Gasteiger charge is -2.28. The molecule has 0 unspecified atom stereocenters. The van der Waals surface area contributed by atoms with Crippen LogP contribution in [0.2, 0.25) is 0 Å². The van der Waals surface area contributed by atoms with Gasteiger partial charge >= 0.3 is 0 Å². The van der Waals surface area contributed by atoms with Gasteiger partial charge in [0.1, 0.15) is 12.4 Å². The summed E-state index contributed by atoms with van der Waals surface area (Å²) in [5.41, 5.74) is 5.89. The van der Waals surface area contributed by atoms with E-state index in [0.717, 1.165) is 50.2 Å². The number of nitrogens with zero attached hydrogens (tertiary/aromatic N) is 1. The van der Waals surface area contributed by atoms with E-state index in [1.165, 1.54) is 0 Å². The van der Waals surface area contributed by atoms with Crippen molar-refractivity contribution in [2.45, 2.75) is 31.3 Å². The van der Waals surface area contributed by atoms with Crippen molar-refractivity contribution in [2.24, 2.45) is 0 Å². The van der Waals surface area contributed by atoms with Crippen LogP contribution in [0.3, 0.4) is 0 Å². The summed E-state index contributed by atoms with van der Waals surface area (Å²) in [5.74, 6) is 0.835. The van der Waals surface area contributed by atoms with Crippen LogP contribution in [0.15, 0.2) is 24.3 Å². The Morgan fingerprint density at radius 2 is 1.89 bits per heavy atom. The summed E-state index contributed by atoms with van der Waals surface area (Å²) in [4.78, 5) is 2.14. The molecule has 0 saturated heterocycles. The summed E-state index contributed by atoms with van der Waals surface area (Å²) in [7, 11) is 2.03. The summed E-state index contributed by atoms with van der Waals surface area (Å²) in [6.07, 6.45) is 4.14. The Labute approximate surface area is 115 Å². The van der Waals surface area contributed by atoms with E-state index in [4.69, 9.17) is 10.5 Å². The van der Waals surface area contributed by atoms with Crippen LogP contribution in [0, 0.1) is 0 Å². The third kappa shape index (κ3) is 4.40. The molecule has 0 atom stereocenters. The topological polar surface area (TPSA) is 58.7 Å². The van der Waals surface area contributed by atoms with Crippen LogP contribution in [0.1, 0.15) is 25.7 Å². The zero-order valence-electron chi connectivity index (χ0n) is 11.6. The summed E-state index contributed by atoms with van der Waals surface area (Å²) < 4.78 is 5.65. The molecule has 3 N–H and O–H groups in total. The average molecular weight is 264 g/mol. The molecule has 1 aromatic rings. The van der Waals surface area contributed by atoms with Crippen LogP contribution >= 0.6 is 0 Å². The van der Waals surface area contributed by atoms with Crippen molar-refractivity contribution in [1.82, 2.24) is 4.90 Å². The highest BCUT2D eigenvalue weighted by atomic mass is 16.5. The minimum Gasteiger partial charge on any atom is -0.492 e. The number of anilines is 1. The quantitative estimate of drug-likeness (QED) is 0.770. The van der Waals surface area contributed by atoms with E-state index < -0.39 is 5.60 Å². The van der Waals surface area contributed by atoms with Gasteiger partial charge in [-0.2, -0.15) is 0 Å². The molecule has 1 aliphatic rings. The van der Waals surface area contributed by atoms with Gasteiger partial charge < -0.3 is 20.5 Å². The zero-order chi connectivity index (χ0) is 13.7. The first-order chi connectivity index (χ1) is 9.07. The molecule has 1 saturated carbocycles. The first-order valence-electron chi connectivity index (χ1n) is 6.97. The van der Waals surface area contributed by atoms with Crippen molar-refractivity contribution in [3.8, 4) is 5.75 Å². The largest absolute Gasteiger partial charge is 0.492 e. The summed E-state index contributed by atoms with van der Waals surface area (Å²) in [6, 6.07) is 7.42. The van der Waals surface area contributed by atoms with Gasteiger partial charge in [-0.1, -0.05) is 12.8 Å². The van der Waals surface area contributed by atoms with E-state index in [0.29, 0.717) is 6.61 Å². The monoisotopic (exact) mass is 264 g/mol. The lowest BCUT2D eigenvalue weighted by molar-refractivity contribution is 0.0139. The Hall–Kier alpha value is -1.26. The molecule has 1 aromatic carbocycles. The number of rotatable bonds is 6. The van der Waals surface area contributed by atoms with Crippen LogP contribution < -0.4 is 10.5 Å². The van der Waals surface area contributed by atoms with Crippen LogP contribution in [-0.2, 0) is 0 Å². The second-order valence-electron chi connectivity index (χ2n) is 5.59. The van der Waals surface area contributed by atoms with Gasteiger partial charge in [0.05, 0.1) is 5.60 Å². The van der Waals surface area contributed by atoms with Crippen molar-refractivity contribution in [1.29, 1.82) is 0 Å². The van der Waals surface area contributed by atoms with E-state index in [1.807, 2.05) is 31.3 Å². The Morgan fingerprint density at radius 1 is 1.26 bits per heavy atom. The average Bonchev–Trinajstić information content (AvgIpc) is 2.78. The zero-order valence-corrected chi connectivity index (χ0v) is 11.6. The van der Waals surface area contributed by atoms with E-state index >= 15 is 0 Å². The lowest BCUT2D eigenvalue weighted by Crippen LogP contribution is -2.40. The van der Waals surface area contributed by atoms with E-state index in [2.05, 4.69) is 4.90 Å². The maximum Gasteiger partial charge on any atom is 0.119 e. The summed E-state index contributed by atoms with van der Waals surface area (Å²) >= 11 is 0. The van der Waals surface area contributed by atoms with Gasteiger partial charge in [-0.15, -0.1) is 0 Å². The van der Waals surface area contributed by atoms with Gasteiger partial charge in [-0.3, -0.25) is 0 Å². The molecule has 0 radical (unpaired) electrons. The Balaban J connectivity index is 1.69. The first kappa shape index (κ1) is 14.2. The lowest BCUT2D eigenvalue weighted by atomic mass is 10.0. The maximum atomic E-state index is 10.3. The fourth-order valence-corrected chi connectivity index (χ4v) is 2.66. The van der Waals surface area contributed by atoms with Gasteiger partial charge in [0.2, 0.25) is 0 Å². The molecule has 0 heterocycles. The molecule has 19 heavy (non-hydrogen) atoms. The third-order valence-corrected chi connectivity index (χ3v) is 3.72. The number of nitrogen functional groups attached to an aromatic ring is 1. The Bertz CT molecular complexity index is 386. The molecule has 0 spiro atoms. The molecule has 0 bridgehead atoms. The normalized spacial score (nSPS) is 17.8. The van der Waals surface area contributed by atoms with Gasteiger partial charge in [0.15, 0.2) is 0 Å². The van der Waals surface area contributed by atoms with E-state index in [-0.39, 0.29) is 0 Å². The number of aliphatic hydroxyl groups is 1. The van der Waals surface area contributed by atoms with Crippen molar-refractivity contribution in [3.63, 3.8) is 0 Å². The third-order valence-electron chi connectivity index (χ3n) is 3.72. The van der Waals surface area contributed by atoms with Gasteiger partial charge in [0, 0.05) is 18.8 Å². The molecule has 0 aromatic heterocycles. The highest BCUT2D eigenvalue weighted by Gasteiger charge is 2.31. The number of ether oxygens (including phenoxy) is 1. The fourth-order valence-electron chi connectivity index (χ4n) is 2.66. The van der Waals surface area contributed by atoms with E-state index in [1.54, 1.807) is 0 Å². The number of nitrogens with two attached hydrogens (primary N) is 1. The van der Waals surface area contributed by atoms with E-state index in [9.17, 15) is 5.11 Å². The second kappa shape index (κ2) is 6.26. The smallest absolute Gasteiger partial charge is 0.119 e. The van der Waals surface area contributed by atoms with Gasteiger partial charge in [-0.25, -0.2) is 0 Å². The van der Waals surface area contributed by atoms with Crippen molar-refractivity contribution in [3.05, 3.63) is 24.3 Å². The molecule has 1 fully saturated rings. The molecular formula is C15H24N2O2. The minimum absolute atomic E-state index is 0.476.